The van der Waals surface area contributed by atoms with Gasteiger partial charge in [-0.25, -0.2) is 14.0 Å². The van der Waals surface area contributed by atoms with Crippen LogP contribution in [0.15, 0.2) is 11.1 Å². The molecule has 3 heterocycles. The van der Waals surface area contributed by atoms with Gasteiger partial charge in [0.05, 0.1) is 25.4 Å². The molecule has 0 radical (unpaired) electrons. The molecule has 2 aromatic rings. The number of anilines is 1. The van der Waals surface area contributed by atoms with Crippen LogP contribution in [0.4, 0.5) is 10.3 Å². The van der Waals surface area contributed by atoms with Crippen molar-refractivity contribution in [3.05, 3.63) is 16.7 Å². The Hall–Kier alpha value is -2.20. The van der Waals surface area contributed by atoms with E-state index in [0.717, 1.165) is 0 Å². The van der Waals surface area contributed by atoms with Gasteiger partial charge in [0.15, 0.2) is 11.2 Å². The van der Waals surface area contributed by atoms with Crippen LogP contribution in [-0.4, -0.2) is 71.0 Å². The zero-order valence-electron chi connectivity index (χ0n) is 20.6. The quantitative estimate of drug-likeness (QED) is 0.328. The highest BCUT2D eigenvalue weighted by molar-refractivity contribution is 7.44. The van der Waals surface area contributed by atoms with E-state index in [4.69, 9.17) is 24.8 Å². The Morgan fingerprint density at radius 2 is 2.17 bits per heavy atom. The van der Waals surface area contributed by atoms with Gasteiger partial charge in [0.2, 0.25) is 5.95 Å². The molecule has 1 saturated heterocycles. The van der Waals surface area contributed by atoms with Gasteiger partial charge in [-0.1, -0.05) is 0 Å². The normalized spacial score (nSPS) is 33.9. The second-order valence-electron chi connectivity index (χ2n) is 10.4. The number of nitrogens with one attached hydrogen (secondary N) is 1. The van der Waals surface area contributed by atoms with Crippen molar-refractivity contribution < 1.29 is 23.3 Å². The number of imidazole rings is 1. The van der Waals surface area contributed by atoms with Crippen LogP contribution in [0, 0.1) is 11.3 Å². The minimum Gasteiger partial charge on any atom is -0.384 e. The number of hydrogen-bond acceptors (Lipinski definition) is 10. The SMILES string of the molecule is CC(C)N(C(C)C)P(OCCC#N)O[C@@]12C[C@H](n3cnc4c(=O)[nH]c(N)nc43)O[C@@H]1[C@@]1(O)C[C@@]1(F)C2. The lowest BCUT2D eigenvalue weighted by Gasteiger charge is -2.41. The second kappa shape index (κ2) is 8.68. The summed E-state index contributed by atoms with van der Waals surface area (Å²) >= 11 is 0. The van der Waals surface area contributed by atoms with Gasteiger partial charge in [-0.15, -0.1) is 0 Å². The summed E-state index contributed by atoms with van der Waals surface area (Å²) in [5, 5.41) is 20.2. The molecule has 4 N–H and O–H groups in total. The summed E-state index contributed by atoms with van der Waals surface area (Å²) < 4.78 is 38.2. The third kappa shape index (κ3) is 3.83. The molecule has 0 spiro atoms. The first-order valence-electron chi connectivity index (χ1n) is 12.0. The van der Waals surface area contributed by atoms with Crippen molar-refractivity contribution in [1.82, 2.24) is 24.2 Å². The van der Waals surface area contributed by atoms with Crippen molar-refractivity contribution in [2.75, 3.05) is 12.3 Å². The second-order valence-corrected chi connectivity index (χ2v) is 11.8. The Bertz CT molecular complexity index is 1260. The smallest absolute Gasteiger partial charge is 0.280 e. The molecule has 6 atom stereocenters. The summed E-state index contributed by atoms with van der Waals surface area (Å²) in [4.78, 5) is 23.0. The predicted molar refractivity (Wildman–Crippen MR) is 128 cm³/mol. The van der Waals surface area contributed by atoms with E-state index in [1.54, 1.807) is 4.57 Å². The number of ether oxygens (including phenoxy) is 1. The molecular formula is C22H31FN7O5P. The van der Waals surface area contributed by atoms with E-state index in [0.29, 0.717) is 0 Å². The average Bonchev–Trinajstić information content (AvgIpc) is 3.10. The van der Waals surface area contributed by atoms with Gasteiger partial charge < -0.3 is 24.6 Å². The van der Waals surface area contributed by atoms with Gasteiger partial charge in [0.1, 0.15) is 29.2 Å². The number of rotatable bonds is 9. The first-order valence-corrected chi connectivity index (χ1v) is 13.1. The molecular weight excluding hydrogens is 492 g/mol. The minimum atomic E-state index is -1.81. The number of fused-ring (bicyclic) bond motifs is 4. The van der Waals surface area contributed by atoms with Crippen LogP contribution >= 0.6 is 8.53 Å². The van der Waals surface area contributed by atoms with Gasteiger partial charge in [-0.3, -0.25) is 14.3 Å². The Balaban J connectivity index is 1.51. The Kier molecular flexibility index (Phi) is 6.14. The maximum atomic E-state index is 15.5. The zero-order chi connectivity index (χ0) is 26.0. The number of alkyl halides is 1. The first-order chi connectivity index (χ1) is 16.9. The Labute approximate surface area is 208 Å². The van der Waals surface area contributed by atoms with E-state index in [1.807, 2.05) is 27.7 Å². The molecule has 0 amide bonds. The Morgan fingerprint density at radius 1 is 1.44 bits per heavy atom. The van der Waals surface area contributed by atoms with Gasteiger partial charge in [0.25, 0.3) is 14.1 Å². The van der Waals surface area contributed by atoms with E-state index in [9.17, 15) is 9.90 Å². The van der Waals surface area contributed by atoms with Gasteiger partial charge >= 0.3 is 0 Å². The highest BCUT2D eigenvalue weighted by atomic mass is 31.2. The number of halogens is 1. The number of aliphatic hydroxyl groups is 1. The summed E-state index contributed by atoms with van der Waals surface area (Å²) in [6, 6.07) is 2.15. The standard InChI is InChI=1S/C22H31FN7O5P/c1-12(2)30(13(3)4)36(33-7-5-6-24)35-20-8-14(34-18(20)22(32)10-21(22,23)9-20)29-11-26-15-16(29)27-19(25)28-17(15)31/h11-14,18,32H,5,7-10H2,1-4H3,(H3,25,27,28,31)/t14-,18+,20-,21+,22+,36?/m1/s1. The summed E-state index contributed by atoms with van der Waals surface area (Å²) in [6.07, 6.45) is -0.0226. The lowest BCUT2D eigenvalue weighted by molar-refractivity contribution is -0.104. The summed E-state index contributed by atoms with van der Waals surface area (Å²) in [5.41, 5.74) is 0.888. The number of hydrogen-bond donors (Lipinski definition) is 3. The molecule has 196 valence electrons. The number of nitriles is 1. The van der Waals surface area contributed by atoms with Gasteiger partial charge in [-0.05, 0) is 27.7 Å². The molecule has 1 unspecified atom stereocenters. The van der Waals surface area contributed by atoms with Gasteiger partial charge in [-0.2, -0.15) is 10.2 Å². The number of aromatic nitrogens is 4. The van der Waals surface area contributed by atoms with E-state index in [-0.39, 0.29) is 61.5 Å². The van der Waals surface area contributed by atoms with Crippen LogP contribution in [0.25, 0.3) is 11.2 Å². The number of aromatic amines is 1. The van der Waals surface area contributed by atoms with Gasteiger partial charge in [0, 0.05) is 31.3 Å². The summed E-state index contributed by atoms with van der Waals surface area (Å²) in [5.74, 6) is -0.0686. The molecule has 2 aromatic heterocycles. The molecule has 12 nitrogen and oxygen atoms in total. The highest BCUT2D eigenvalue weighted by Crippen LogP contribution is 2.73. The maximum absolute atomic E-state index is 15.5. The van der Waals surface area contributed by atoms with Crippen molar-refractivity contribution >= 4 is 25.6 Å². The molecule has 2 saturated carbocycles. The molecule has 1 aliphatic heterocycles. The topological polar surface area (TPSA) is 165 Å². The number of nitrogens with two attached hydrogens (primary N) is 1. The van der Waals surface area contributed by atoms with Crippen LogP contribution in [-0.2, 0) is 13.8 Å². The third-order valence-electron chi connectivity index (χ3n) is 7.19. The van der Waals surface area contributed by atoms with E-state index in [1.165, 1.54) is 6.33 Å². The molecule has 0 aromatic carbocycles. The number of nitrogens with zero attached hydrogens (tertiary/aromatic N) is 5. The van der Waals surface area contributed by atoms with Crippen molar-refractivity contribution in [2.45, 2.75) is 94.7 Å². The lowest BCUT2D eigenvalue weighted by atomic mass is 9.92. The molecule has 36 heavy (non-hydrogen) atoms. The molecule has 3 aliphatic rings. The van der Waals surface area contributed by atoms with Crippen LogP contribution in [0.1, 0.15) is 59.6 Å². The molecule has 2 aliphatic carbocycles. The van der Waals surface area contributed by atoms with Crippen LogP contribution in [0.5, 0.6) is 0 Å². The molecule has 0 bridgehead atoms. The summed E-state index contributed by atoms with van der Waals surface area (Å²) in [6.45, 7) is 8.20. The monoisotopic (exact) mass is 523 g/mol. The van der Waals surface area contributed by atoms with Crippen LogP contribution < -0.4 is 11.3 Å². The van der Waals surface area contributed by atoms with Crippen molar-refractivity contribution in [3.63, 3.8) is 0 Å². The minimum absolute atomic E-state index is 0.0384. The predicted octanol–water partition coefficient (Wildman–Crippen LogP) is 2.27. The Morgan fingerprint density at radius 3 is 2.83 bits per heavy atom. The number of nitrogen functional groups attached to an aromatic ring is 1. The van der Waals surface area contributed by atoms with Crippen molar-refractivity contribution in [2.24, 2.45) is 0 Å². The van der Waals surface area contributed by atoms with Crippen molar-refractivity contribution in [1.29, 1.82) is 5.26 Å². The van der Waals surface area contributed by atoms with E-state index >= 15 is 4.39 Å². The first kappa shape index (κ1) is 25.4. The summed E-state index contributed by atoms with van der Waals surface area (Å²) in [7, 11) is -1.72. The fourth-order valence-electron chi connectivity index (χ4n) is 5.72. The molecule has 14 heteroatoms. The van der Waals surface area contributed by atoms with E-state index < -0.39 is 43.3 Å². The lowest BCUT2D eigenvalue weighted by Crippen LogP contribution is -2.45. The average molecular weight is 524 g/mol. The van der Waals surface area contributed by atoms with Crippen molar-refractivity contribution in [3.8, 4) is 6.07 Å². The van der Waals surface area contributed by atoms with Crippen LogP contribution in [0.3, 0.4) is 0 Å². The fraction of sp³-hybridized carbons (Fsp3) is 0.727. The largest absolute Gasteiger partial charge is 0.384 e. The van der Waals surface area contributed by atoms with Crippen LogP contribution in [0.2, 0.25) is 0 Å². The fourth-order valence-corrected chi connectivity index (χ4v) is 7.55. The number of H-pyrrole nitrogens is 1. The zero-order valence-corrected chi connectivity index (χ0v) is 21.5. The molecule has 3 fully saturated rings. The van der Waals surface area contributed by atoms with E-state index in [2.05, 4.69) is 25.7 Å². The molecule has 5 rings (SSSR count). The third-order valence-corrected chi connectivity index (χ3v) is 9.41. The highest BCUT2D eigenvalue weighted by Gasteiger charge is 2.86. The maximum Gasteiger partial charge on any atom is 0.280 e.